The van der Waals surface area contributed by atoms with Gasteiger partial charge in [-0.05, 0) is 24.5 Å². The van der Waals surface area contributed by atoms with Crippen LogP contribution in [0.15, 0.2) is 41.6 Å². The van der Waals surface area contributed by atoms with E-state index in [0.717, 1.165) is 12.3 Å². The largest absolute Gasteiger partial charge is 0.261 e. The molecular formula is C14H19N. The summed E-state index contributed by atoms with van der Waals surface area (Å²) >= 11 is 0. The highest BCUT2D eigenvalue weighted by atomic mass is 14.7. The van der Waals surface area contributed by atoms with Crippen molar-refractivity contribution in [1.82, 2.24) is 0 Å². The van der Waals surface area contributed by atoms with Crippen molar-refractivity contribution in [2.75, 3.05) is 0 Å². The highest BCUT2D eigenvalue weighted by Crippen LogP contribution is 2.26. The Hall–Kier alpha value is -1.11. The Balaban J connectivity index is 1.92. The summed E-state index contributed by atoms with van der Waals surface area (Å²) in [6.45, 7) is 0. The predicted octanol–water partition coefficient (Wildman–Crippen LogP) is 4.04. The van der Waals surface area contributed by atoms with Gasteiger partial charge in [0.05, 0.1) is 0 Å². The fourth-order valence-corrected chi connectivity index (χ4v) is 2.33. The van der Waals surface area contributed by atoms with E-state index in [4.69, 9.17) is 0 Å². The fraction of sp³-hybridized carbons (Fsp3) is 0.500. The second-order valence-electron chi connectivity index (χ2n) is 4.41. The summed E-state index contributed by atoms with van der Waals surface area (Å²) in [5.74, 6) is 0.874. The second-order valence-corrected chi connectivity index (χ2v) is 4.41. The van der Waals surface area contributed by atoms with Gasteiger partial charge in [-0.25, -0.2) is 0 Å². The van der Waals surface area contributed by atoms with Crippen LogP contribution >= 0.6 is 0 Å². The lowest BCUT2D eigenvalue weighted by atomic mass is 9.85. The molecule has 1 aliphatic carbocycles. The van der Waals surface area contributed by atoms with Crippen molar-refractivity contribution in [1.29, 1.82) is 0 Å². The molecule has 1 aliphatic heterocycles. The van der Waals surface area contributed by atoms with Gasteiger partial charge in [0.15, 0.2) is 0 Å². The molecule has 0 unspecified atom stereocenters. The summed E-state index contributed by atoms with van der Waals surface area (Å²) in [6, 6.07) is 0. The van der Waals surface area contributed by atoms with Crippen LogP contribution in [0.2, 0.25) is 0 Å². The zero-order valence-corrected chi connectivity index (χ0v) is 9.23. The predicted molar refractivity (Wildman–Crippen MR) is 66.0 cm³/mol. The van der Waals surface area contributed by atoms with Gasteiger partial charge in [-0.1, -0.05) is 50.3 Å². The molecule has 80 valence electrons. The molecule has 0 spiro atoms. The molecular weight excluding hydrogens is 182 g/mol. The van der Waals surface area contributed by atoms with Crippen LogP contribution in [0.4, 0.5) is 0 Å². The standard InChI is InChI=1S/C14H19N/c1-2-7-11-15-14(10-6-1)12-13-8-4-3-5-9-13/h1-2,6-7,10-11,13H,3-5,8-9,12H2. The average molecular weight is 201 g/mol. The van der Waals surface area contributed by atoms with E-state index >= 15 is 0 Å². The fourth-order valence-electron chi connectivity index (χ4n) is 2.33. The van der Waals surface area contributed by atoms with E-state index in [1.54, 1.807) is 0 Å². The third-order valence-corrected chi connectivity index (χ3v) is 3.17. The lowest BCUT2D eigenvalue weighted by Gasteiger charge is -2.21. The zero-order valence-electron chi connectivity index (χ0n) is 9.23. The number of hydrogen-bond donors (Lipinski definition) is 0. The molecule has 15 heavy (non-hydrogen) atoms. The highest BCUT2D eigenvalue weighted by Gasteiger charge is 2.14. The van der Waals surface area contributed by atoms with Gasteiger partial charge in [0.2, 0.25) is 0 Å². The van der Waals surface area contributed by atoms with Gasteiger partial charge < -0.3 is 0 Å². The maximum atomic E-state index is 4.48. The molecule has 2 rings (SSSR count). The van der Waals surface area contributed by atoms with E-state index in [-0.39, 0.29) is 0 Å². The van der Waals surface area contributed by atoms with E-state index in [9.17, 15) is 0 Å². The summed E-state index contributed by atoms with van der Waals surface area (Å²) in [6.07, 6.45) is 20.4. The Bertz CT molecular complexity index is 301. The van der Waals surface area contributed by atoms with Crippen LogP contribution in [0.1, 0.15) is 38.5 Å². The maximum absolute atomic E-state index is 4.48. The molecule has 0 aromatic heterocycles. The van der Waals surface area contributed by atoms with E-state index in [2.05, 4.69) is 23.2 Å². The number of nitrogens with zero attached hydrogens (tertiary/aromatic N) is 1. The van der Waals surface area contributed by atoms with Crippen LogP contribution in [-0.2, 0) is 0 Å². The third-order valence-electron chi connectivity index (χ3n) is 3.17. The van der Waals surface area contributed by atoms with Gasteiger partial charge in [0.25, 0.3) is 0 Å². The van der Waals surface area contributed by atoms with Gasteiger partial charge in [-0.3, -0.25) is 4.99 Å². The molecule has 1 fully saturated rings. The first-order valence-corrected chi connectivity index (χ1v) is 6.02. The minimum atomic E-state index is 0.874. The highest BCUT2D eigenvalue weighted by molar-refractivity contribution is 5.95. The van der Waals surface area contributed by atoms with Gasteiger partial charge in [-0.15, -0.1) is 0 Å². The van der Waals surface area contributed by atoms with Crippen molar-refractivity contribution in [3.8, 4) is 0 Å². The summed E-state index contributed by atoms with van der Waals surface area (Å²) < 4.78 is 0. The van der Waals surface area contributed by atoms with Crippen molar-refractivity contribution in [2.45, 2.75) is 38.5 Å². The monoisotopic (exact) mass is 201 g/mol. The summed E-state index contributed by atoms with van der Waals surface area (Å²) in [4.78, 5) is 4.48. The van der Waals surface area contributed by atoms with Crippen molar-refractivity contribution in [2.24, 2.45) is 10.9 Å². The Kier molecular flexibility index (Phi) is 3.95. The number of rotatable bonds is 2. The van der Waals surface area contributed by atoms with Crippen molar-refractivity contribution in [3.05, 3.63) is 36.6 Å². The molecule has 1 nitrogen and oxygen atoms in total. The molecule has 0 radical (unpaired) electrons. The molecule has 2 aliphatic rings. The summed E-state index contributed by atoms with van der Waals surface area (Å²) in [5, 5.41) is 0. The normalized spacial score (nSPS) is 22.3. The molecule has 0 saturated heterocycles. The van der Waals surface area contributed by atoms with E-state index in [1.807, 2.05) is 18.4 Å². The van der Waals surface area contributed by atoms with E-state index < -0.39 is 0 Å². The van der Waals surface area contributed by atoms with Gasteiger partial charge in [0, 0.05) is 11.9 Å². The molecule has 0 bridgehead atoms. The summed E-state index contributed by atoms with van der Waals surface area (Å²) in [5.41, 5.74) is 1.24. The number of hydrogen-bond acceptors (Lipinski definition) is 1. The van der Waals surface area contributed by atoms with Crippen LogP contribution in [0.25, 0.3) is 0 Å². The van der Waals surface area contributed by atoms with E-state index in [0.29, 0.717) is 0 Å². The van der Waals surface area contributed by atoms with Gasteiger partial charge >= 0.3 is 0 Å². The topological polar surface area (TPSA) is 12.4 Å². The molecule has 1 saturated carbocycles. The zero-order chi connectivity index (χ0) is 10.3. The maximum Gasteiger partial charge on any atom is 0.0406 e. The Labute approximate surface area is 92.3 Å². The quantitative estimate of drug-likeness (QED) is 0.639. The molecule has 0 atom stereocenters. The average Bonchev–Trinajstić information content (AvgIpc) is 2.23. The Morgan fingerprint density at radius 2 is 1.80 bits per heavy atom. The minimum absolute atomic E-state index is 0.874. The van der Waals surface area contributed by atoms with E-state index in [1.165, 1.54) is 37.8 Å². The molecule has 1 heteroatoms. The van der Waals surface area contributed by atoms with Crippen LogP contribution < -0.4 is 0 Å². The number of aliphatic imine (C=N–C) groups is 1. The van der Waals surface area contributed by atoms with Crippen molar-refractivity contribution < 1.29 is 0 Å². The molecule has 0 aromatic rings. The first kappa shape index (κ1) is 10.4. The lowest BCUT2D eigenvalue weighted by Crippen LogP contribution is -2.10. The van der Waals surface area contributed by atoms with Crippen molar-refractivity contribution >= 4 is 5.71 Å². The minimum Gasteiger partial charge on any atom is -0.261 e. The van der Waals surface area contributed by atoms with Crippen LogP contribution in [0, 0.1) is 5.92 Å². The Morgan fingerprint density at radius 1 is 1.00 bits per heavy atom. The lowest BCUT2D eigenvalue weighted by molar-refractivity contribution is 0.368. The summed E-state index contributed by atoms with van der Waals surface area (Å²) in [7, 11) is 0. The number of allylic oxidation sites excluding steroid dienone is 5. The Morgan fingerprint density at radius 3 is 2.67 bits per heavy atom. The molecule has 1 heterocycles. The van der Waals surface area contributed by atoms with Crippen molar-refractivity contribution in [3.63, 3.8) is 0 Å². The van der Waals surface area contributed by atoms with Gasteiger partial charge in [0.1, 0.15) is 0 Å². The van der Waals surface area contributed by atoms with Gasteiger partial charge in [-0.2, -0.15) is 0 Å². The van der Waals surface area contributed by atoms with Crippen LogP contribution in [0.5, 0.6) is 0 Å². The molecule has 0 amide bonds. The van der Waals surface area contributed by atoms with Crippen LogP contribution in [0.3, 0.4) is 0 Å². The second kappa shape index (κ2) is 5.69. The third kappa shape index (κ3) is 3.50. The molecule has 0 aromatic carbocycles. The smallest absolute Gasteiger partial charge is 0.0406 e. The first-order valence-electron chi connectivity index (χ1n) is 6.02. The molecule has 0 N–H and O–H groups in total. The SMILES string of the molecule is C1=CC=CC(CC2CCCCC2)=NC=C1. The first-order chi connectivity index (χ1) is 7.45. The van der Waals surface area contributed by atoms with Crippen LogP contribution in [-0.4, -0.2) is 5.71 Å².